The monoisotopic (exact) mass is 726 g/mol. The van der Waals surface area contributed by atoms with Crippen molar-refractivity contribution in [3.05, 3.63) is 29.8 Å². The van der Waals surface area contributed by atoms with E-state index in [1.165, 1.54) is 13.8 Å². The van der Waals surface area contributed by atoms with Gasteiger partial charge in [0.15, 0.2) is 0 Å². The third kappa shape index (κ3) is 14.6. The fourth-order valence-corrected chi connectivity index (χ4v) is 7.93. The maximum Gasteiger partial charge on any atom is 0.501 e. The highest BCUT2D eigenvalue weighted by Gasteiger charge is 2.40. The van der Waals surface area contributed by atoms with Crippen LogP contribution in [0, 0.1) is 0 Å². The fraction of sp³-hybridized carbons (Fsp3) is 0.688. The summed E-state index contributed by atoms with van der Waals surface area (Å²) in [5, 5.41) is 0. The summed E-state index contributed by atoms with van der Waals surface area (Å²) in [5.41, 5.74) is 1.05. The van der Waals surface area contributed by atoms with E-state index in [0.717, 1.165) is 5.56 Å². The average Bonchev–Trinajstić information content (AvgIpc) is 3.41. The number of alkyl halides is 6. The fourth-order valence-electron chi connectivity index (χ4n) is 5.35. The van der Waals surface area contributed by atoms with Gasteiger partial charge >= 0.3 is 21.2 Å². The lowest BCUT2D eigenvalue weighted by Crippen LogP contribution is -2.46. The van der Waals surface area contributed by atoms with Gasteiger partial charge in [0, 0.05) is 63.5 Å². The van der Waals surface area contributed by atoms with Crippen LogP contribution in [0.25, 0.3) is 0 Å². The molecule has 0 N–H and O–H groups in total. The van der Waals surface area contributed by atoms with Crippen LogP contribution in [-0.2, 0) is 22.9 Å². The molecule has 1 aliphatic rings. The molecular formula is C32H48F6N4O6Si. The Morgan fingerprint density at radius 1 is 0.776 bits per heavy atom. The van der Waals surface area contributed by atoms with E-state index in [2.05, 4.69) is 19.8 Å². The number of ether oxygens (including phenoxy) is 1. The minimum atomic E-state index is -4.92. The molecule has 17 heteroatoms. The van der Waals surface area contributed by atoms with Gasteiger partial charge in [0.25, 0.3) is 0 Å². The van der Waals surface area contributed by atoms with E-state index < -0.39 is 45.6 Å². The number of nitrogens with zero attached hydrogens (tertiary/aromatic N) is 4. The van der Waals surface area contributed by atoms with Crippen LogP contribution in [0.15, 0.2) is 34.3 Å². The van der Waals surface area contributed by atoms with Crippen molar-refractivity contribution in [2.24, 2.45) is 9.98 Å². The van der Waals surface area contributed by atoms with Gasteiger partial charge in [0.05, 0.1) is 38.7 Å². The molecule has 1 aromatic rings. The molecule has 1 fully saturated rings. The Balaban J connectivity index is 2.12. The maximum absolute atomic E-state index is 12.7. The first-order valence-electron chi connectivity index (χ1n) is 16.4. The van der Waals surface area contributed by atoms with E-state index in [1.54, 1.807) is 0 Å². The maximum atomic E-state index is 12.7. The molecule has 1 aromatic carbocycles. The minimum Gasteiger partial charge on any atom is -0.494 e. The van der Waals surface area contributed by atoms with Crippen molar-refractivity contribution in [2.45, 2.75) is 78.4 Å². The number of carbonyl (C=O) groups excluding carboxylic acids is 2. The molecule has 0 aromatic heterocycles. The molecule has 0 amide bonds. The Kier molecular flexibility index (Phi) is 17.5. The minimum absolute atomic E-state index is 0.0818. The van der Waals surface area contributed by atoms with E-state index in [0.29, 0.717) is 70.8 Å². The van der Waals surface area contributed by atoms with Crippen LogP contribution in [0.3, 0.4) is 0 Å². The quantitative estimate of drug-likeness (QED) is 0.0613. The predicted octanol–water partition coefficient (Wildman–Crippen LogP) is 6.08. The largest absolute Gasteiger partial charge is 0.501 e. The first-order valence-corrected chi connectivity index (χ1v) is 18.3. The van der Waals surface area contributed by atoms with Crippen molar-refractivity contribution < 1.29 is 53.9 Å². The van der Waals surface area contributed by atoms with Crippen LogP contribution in [0.2, 0.25) is 6.04 Å². The number of rotatable bonds is 22. The first-order chi connectivity index (χ1) is 23.0. The summed E-state index contributed by atoms with van der Waals surface area (Å²) < 4.78 is 99.6. The zero-order valence-corrected chi connectivity index (χ0v) is 29.8. The van der Waals surface area contributed by atoms with Crippen molar-refractivity contribution in [1.29, 1.82) is 0 Å². The Morgan fingerprint density at radius 3 is 1.59 bits per heavy atom. The van der Waals surface area contributed by atoms with E-state index in [1.807, 2.05) is 45.0 Å². The molecule has 1 saturated heterocycles. The van der Waals surface area contributed by atoms with Gasteiger partial charge in [-0.2, -0.15) is 26.3 Å². The zero-order valence-electron chi connectivity index (χ0n) is 28.8. The van der Waals surface area contributed by atoms with Crippen LogP contribution >= 0.6 is 0 Å². The summed E-state index contributed by atoms with van der Waals surface area (Å²) in [4.78, 5) is 35.2. The second-order valence-corrected chi connectivity index (χ2v) is 14.1. The topological polar surface area (TPSA) is 102 Å². The molecule has 0 atom stereocenters. The lowest BCUT2D eigenvalue weighted by molar-refractivity contribution is -0.169. The van der Waals surface area contributed by atoms with Gasteiger partial charge in [-0.3, -0.25) is 29.4 Å². The van der Waals surface area contributed by atoms with Crippen LogP contribution in [0.1, 0.15) is 65.6 Å². The van der Waals surface area contributed by atoms with Crippen molar-refractivity contribution in [2.75, 3.05) is 65.7 Å². The predicted molar refractivity (Wildman–Crippen MR) is 175 cm³/mol. The van der Waals surface area contributed by atoms with Crippen molar-refractivity contribution in [3.8, 4) is 5.75 Å². The van der Waals surface area contributed by atoms with Crippen LogP contribution in [0.5, 0.6) is 5.75 Å². The number of hydrogen-bond acceptors (Lipinski definition) is 10. The van der Waals surface area contributed by atoms with Crippen molar-refractivity contribution in [3.63, 3.8) is 0 Å². The Morgan fingerprint density at radius 2 is 1.20 bits per heavy atom. The van der Waals surface area contributed by atoms with Crippen LogP contribution < -0.4 is 4.74 Å². The summed E-state index contributed by atoms with van der Waals surface area (Å²) in [5.74, 6) is -3.07. The number of ketones is 2. The molecule has 1 heterocycles. The molecule has 10 nitrogen and oxygen atoms in total. The van der Waals surface area contributed by atoms with Gasteiger partial charge in [-0.1, -0.05) is 12.1 Å². The second kappa shape index (κ2) is 20.2. The van der Waals surface area contributed by atoms with Gasteiger partial charge in [-0.25, -0.2) is 0 Å². The Labute approximate surface area is 285 Å². The van der Waals surface area contributed by atoms with Crippen molar-refractivity contribution in [1.82, 2.24) is 9.80 Å². The van der Waals surface area contributed by atoms with E-state index in [9.17, 15) is 35.9 Å². The van der Waals surface area contributed by atoms with Crippen LogP contribution in [-0.4, -0.2) is 120 Å². The van der Waals surface area contributed by atoms with Gasteiger partial charge in [-0.05, 0) is 58.7 Å². The second-order valence-electron chi connectivity index (χ2n) is 11.4. The average molecular weight is 727 g/mol. The molecular weight excluding hydrogens is 678 g/mol. The highest BCUT2D eigenvalue weighted by molar-refractivity contribution is 6.60. The van der Waals surface area contributed by atoms with Crippen LogP contribution in [0.4, 0.5) is 26.3 Å². The summed E-state index contributed by atoms with van der Waals surface area (Å²) in [6.45, 7) is 12.6. The zero-order chi connectivity index (χ0) is 36.7. The number of hydrogen-bond donors (Lipinski definition) is 0. The third-order valence-electron chi connectivity index (χ3n) is 7.54. The number of benzene rings is 1. The normalized spacial score (nSPS) is 17.2. The molecule has 0 saturated carbocycles. The summed E-state index contributed by atoms with van der Waals surface area (Å²) in [6, 6.07) is 8.07. The Bertz CT molecular complexity index is 1170. The SMILES string of the molecule is CCO[Si](CCCOc1ccc(C2N(CCN=C(C)CC(=O)C(F)(F)F)CCN2CCN=C(C)CC(=O)C(F)(F)F)cc1)(OCC)OCC. The standard InChI is InChI=1S/C32H48F6N4O6Si/c1-6-46-49(47-7-2,48-8-3)21-9-20-45-27-12-10-26(11-13-27)30-41(16-14-39-24(4)22-28(43)31(33,34)35)18-19-42(30)17-15-40-25(5)23-29(44)32(36,37)38/h10-13,30H,6-9,14-23H2,1-5H3. The van der Waals surface area contributed by atoms with Gasteiger partial charge in [0.2, 0.25) is 11.6 Å². The number of Topliss-reactive ketones (excluding diaryl/α,β-unsaturated/α-hetero) is 2. The van der Waals surface area contributed by atoms with Crippen molar-refractivity contribution >= 4 is 31.8 Å². The Hall–Kier alpha value is -2.70. The molecule has 1 aliphatic heterocycles. The van der Waals surface area contributed by atoms with E-state index >= 15 is 0 Å². The highest BCUT2D eigenvalue weighted by Crippen LogP contribution is 2.31. The third-order valence-corrected chi connectivity index (χ3v) is 10.7. The summed E-state index contributed by atoms with van der Waals surface area (Å²) in [7, 11) is -2.79. The molecule has 49 heavy (non-hydrogen) atoms. The number of aliphatic imine (C=N–C) groups is 2. The van der Waals surface area contributed by atoms with E-state index in [4.69, 9.17) is 18.0 Å². The molecule has 0 aliphatic carbocycles. The molecule has 0 bridgehead atoms. The molecule has 0 unspecified atom stereocenters. The molecule has 0 radical (unpaired) electrons. The molecule has 278 valence electrons. The number of carbonyl (C=O) groups is 2. The van der Waals surface area contributed by atoms with Gasteiger partial charge in [-0.15, -0.1) is 0 Å². The summed E-state index contributed by atoms with van der Waals surface area (Å²) >= 11 is 0. The summed E-state index contributed by atoms with van der Waals surface area (Å²) in [6.07, 6.45) is -11.1. The lowest BCUT2D eigenvalue weighted by atomic mass is 10.1. The highest BCUT2D eigenvalue weighted by atomic mass is 28.4. The van der Waals surface area contributed by atoms with E-state index in [-0.39, 0.29) is 30.7 Å². The lowest BCUT2D eigenvalue weighted by Gasteiger charge is -2.30. The molecule has 0 spiro atoms. The van der Waals surface area contributed by atoms with Gasteiger partial charge < -0.3 is 18.0 Å². The smallest absolute Gasteiger partial charge is 0.494 e. The number of halogens is 6. The molecule has 2 rings (SSSR count). The van der Waals surface area contributed by atoms with Gasteiger partial charge in [0.1, 0.15) is 5.75 Å². The first kappa shape index (κ1) is 42.5.